The molecule has 2 rings (SSSR count). The first-order chi connectivity index (χ1) is 8.66. The molecule has 0 spiro atoms. The van der Waals surface area contributed by atoms with Gasteiger partial charge >= 0.3 is 0 Å². The van der Waals surface area contributed by atoms with Crippen molar-refractivity contribution in [1.82, 2.24) is 4.98 Å². The van der Waals surface area contributed by atoms with Gasteiger partial charge in [-0.15, -0.1) is 0 Å². The van der Waals surface area contributed by atoms with Crippen molar-refractivity contribution >= 4 is 11.7 Å². The molecule has 4 heteroatoms. The van der Waals surface area contributed by atoms with E-state index in [4.69, 9.17) is 0 Å². The third-order valence-corrected chi connectivity index (χ3v) is 2.65. The largest absolute Gasteiger partial charge is 0.545 e. The van der Waals surface area contributed by atoms with Gasteiger partial charge in [0.25, 0.3) is 0 Å². The van der Waals surface area contributed by atoms with Crippen LogP contribution in [-0.4, -0.2) is 11.0 Å². The van der Waals surface area contributed by atoms with E-state index in [0.717, 1.165) is 16.9 Å². The first kappa shape index (κ1) is 12.1. The highest BCUT2D eigenvalue weighted by atomic mass is 16.4. The van der Waals surface area contributed by atoms with E-state index in [0.29, 0.717) is 6.54 Å². The third-order valence-electron chi connectivity index (χ3n) is 2.65. The van der Waals surface area contributed by atoms with Crippen LogP contribution in [-0.2, 0) is 6.54 Å². The average molecular weight is 241 g/mol. The number of carbonyl (C=O) groups is 1. The second kappa shape index (κ2) is 5.31. The van der Waals surface area contributed by atoms with E-state index in [2.05, 4.69) is 10.3 Å². The molecule has 0 amide bonds. The summed E-state index contributed by atoms with van der Waals surface area (Å²) in [6.07, 6.45) is 1.74. The van der Waals surface area contributed by atoms with E-state index in [1.807, 2.05) is 25.1 Å². The molecule has 4 nitrogen and oxygen atoms in total. The molecule has 18 heavy (non-hydrogen) atoms. The third kappa shape index (κ3) is 2.85. The molecule has 2 aromatic rings. The van der Waals surface area contributed by atoms with Crippen molar-refractivity contribution in [3.8, 4) is 0 Å². The van der Waals surface area contributed by atoms with Crippen LogP contribution in [0, 0.1) is 6.92 Å². The summed E-state index contributed by atoms with van der Waals surface area (Å²) in [5.41, 5.74) is 2.88. The van der Waals surface area contributed by atoms with Crippen molar-refractivity contribution in [3.05, 3.63) is 59.4 Å². The van der Waals surface area contributed by atoms with Crippen LogP contribution in [0.25, 0.3) is 0 Å². The minimum Gasteiger partial charge on any atom is -0.545 e. The quantitative estimate of drug-likeness (QED) is 0.878. The minimum absolute atomic E-state index is 0.191. The average Bonchev–Trinajstić information content (AvgIpc) is 2.38. The first-order valence-electron chi connectivity index (χ1n) is 5.62. The molecule has 1 N–H and O–H groups in total. The highest BCUT2D eigenvalue weighted by Gasteiger charge is 2.01. The zero-order valence-electron chi connectivity index (χ0n) is 10.0. The Morgan fingerprint density at radius 2 is 2.17 bits per heavy atom. The topological polar surface area (TPSA) is 65.0 Å². The van der Waals surface area contributed by atoms with Gasteiger partial charge < -0.3 is 15.2 Å². The van der Waals surface area contributed by atoms with Crippen molar-refractivity contribution in [2.24, 2.45) is 0 Å². The SMILES string of the molecule is Cc1cc(C(=O)[O-])ccc1NCc1ccccn1. The molecule has 0 saturated heterocycles. The lowest BCUT2D eigenvalue weighted by molar-refractivity contribution is -0.255. The van der Waals surface area contributed by atoms with Gasteiger partial charge in [0.15, 0.2) is 0 Å². The zero-order valence-corrected chi connectivity index (χ0v) is 10.0. The fourth-order valence-corrected chi connectivity index (χ4v) is 1.68. The zero-order chi connectivity index (χ0) is 13.0. The summed E-state index contributed by atoms with van der Waals surface area (Å²) in [6, 6.07) is 10.6. The number of nitrogens with one attached hydrogen (secondary N) is 1. The summed E-state index contributed by atoms with van der Waals surface area (Å²) in [7, 11) is 0. The van der Waals surface area contributed by atoms with Crippen LogP contribution < -0.4 is 10.4 Å². The van der Waals surface area contributed by atoms with Gasteiger partial charge in [-0.05, 0) is 42.3 Å². The maximum atomic E-state index is 10.7. The molecular formula is C14H13N2O2-. The molecule has 0 radical (unpaired) electrons. The molecule has 0 bridgehead atoms. The highest BCUT2D eigenvalue weighted by molar-refractivity contribution is 5.86. The van der Waals surface area contributed by atoms with Gasteiger partial charge in [-0.2, -0.15) is 0 Å². The molecule has 0 saturated carbocycles. The number of carbonyl (C=O) groups excluding carboxylic acids is 1. The monoisotopic (exact) mass is 241 g/mol. The number of hydrogen-bond acceptors (Lipinski definition) is 4. The Morgan fingerprint density at radius 1 is 1.33 bits per heavy atom. The van der Waals surface area contributed by atoms with Gasteiger partial charge in [0.2, 0.25) is 0 Å². The van der Waals surface area contributed by atoms with Crippen molar-refractivity contribution in [3.63, 3.8) is 0 Å². The highest BCUT2D eigenvalue weighted by Crippen LogP contribution is 2.16. The Bertz CT molecular complexity index is 553. The standard InChI is InChI=1S/C14H14N2O2/c1-10-8-11(14(17)18)5-6-13(10)16-9-12-4-2-3-7-15-12/h2-8,16H,9H2,1H3,(H,17,18)/p-1. The van der Waals surface area contributed by atoms with E-state index in [1.165, 1.54) is 6.07 Å². The number of aromatic carboxylic acids is 1. The summed E-state index contributed by atoms with van der Waals surface area (Å²) in [5, 5.41) is 13.9. The molecule has 1 aromatic heterocycles. The van der Waals surface area contributed by atoms with Crippen molar-refractivity contribution in [2.45, 2.75) is 13.5 Å². The lowest BCUT2D eigenvalue weighted by Crippen LogP contribution is -2.22. The van der Waals surface area contributed by atoms with Crippen LogP contribution in [0.4, 0.5) is 5.69 Å². The fourth-order valence-electron chi connectivity index (χ4n) is 1.68. The van der Waals surface area contributed by atoms with Gasteiger partial charge in [-0.1, -0.05) is 12.1 Å². The normalized spacial score (nSPS) is 10.1. The Balaban J connectivity index is 2.08. The van der Waals surface area contributed by atoms with Crippen LogP contribution in [0.3, 0.4) is 0 Å². The van der Waals surface area contributed by atoms with Crippen molar-refractivity contribution in [2.75, 3.05) is 5.32 Å². The summed E-state index contributed by atoms with van der Waals surface area (Å²) in [4.78, 5) is 14.9. The van der Waals surface area contributed by atoms with E-state index in [-0.39, 0.29) is 5.56 Å². The lowest BCUT2D eigenvalue weighted by atomic mass is 10.1. The van der Waals surface area contributed by atoms with Crippen LogP contribution in [0.2, 0.25) is 0 Å². The second-order valence-corrected chi connectivity index (χ2v) is 3.99. The molecule has 0 fully saturated rings. The number of carboxylic acids is 1. The van der Waals surface area contributed by atoms with E-state index in [1.54, 1.807) is 18.3 Å². The Morgan fingerprint density at radius 3 is 2.78 bits per heavy atom. The maximum absolute atomic E-state index is 10.7. The van der Waals surface area contributed by atoms with Crippen LogP contribution in [0.15, 0.2) is 42.6 Å². The van der Waals surface area contributed by atoms with Gasteiger partial charge in [0, 0.05) is 11.9 Å². The molecule has 1 heterocycles. The minimum atomic E-state index is -1.16. The summed E-state index contributed by atoms with van der Waals surface area (Å²) < 4.78 is 0. The second-order valence-electron chi connectivity index (χ2n) is 3.99. The fraction of sp³-hybridized carbons (Fsp3) is 0.143. The lowest BCUT2D eigenvalue weighted by Gasteiger charge is -2.11. The number of nitrogens with zero attached hydrogens (tertiary/aromatic N) is 1. The van der Waals surface area contributed by atoms with Crippen LogP contribution in [0.1, 0.15) is 21.6 Å². The summed E-state index contributed by atoms with van der Waals surface area (Å²) in [5.74, 6) is -1.16. The maximum Gasteiger partial charge on any atom is 0.0715 e. The Hall–Kier alpha value is -2.36. The molecular weight excluding hydrogens is 228 g/mol. The number of rotatable bonds is 4. The molecule has 0 aliphatic carbocycles. The number of benzene rings is 1. The number of pyridine rings is 1. The number of aromatic nitrogens is 1. The summed E-state index contributed by atoms with van der Waals surface area (Å²) in [6.45, 7) is 2.46. The van der Waals surface area contributed by atoms with Crippen molar-refractivity contribution in [1.29, 1.82) is 0 Å². The van der Waals surface area contributed by atoms with Crippen molar-refractivity contribution < 1.29 is 9.90 Å². The number of anilines is 1. The van der Waals surface area contributed by atoms with E-state index in [9.17, 15) is 9.90 Å². The predicted molar refractivity (Wildman–Crippen MR) is 67.1 cm³/mol. The summed E-state index contributed by atoms with van der Waals surface area (Å²) >= 11 is 0. The molecule has 92 valence electrons. The molecule has 0 unspecified atom stereocenters. The van der Waals surface area contributed by atoms with Crippen LogP contribution in [0.5, 0.6) is 0 Å². The van der Waals surface area contributed by atoms with Gasteiger partial charge in [0.05, 0.1) is 18.2 Å². The van der Waals surface area contributed by atoms with Gasteiger partial charge in [0.1, 0.15) is 0 Å². The first-order valence-corrected chi connectivity index (χ1v) is 5.62. The molecule has 0 aliphatic heterocycles. The number of hydrogen-bond donors (Lipinski definition) is 1. The molecule has 0 aliphatic rings. The van der Waals surface area contributed by atoms with Gasteiger partial charge in [-0.25, -0.2) is 0 Å². The van der Waals surface area contributed by atoms with E-state index < -0.39 is 5.97 Å². The predicted octanol–water partition coefficient (Wildman–Crippen LogP) is 1.37. The van der Waals surface area contributed by atoms with E-state index >= 15 is 0 Å². The Labute approximate surface area is 105 Å². The van der Waals surface area contributed by atoms with Crippen LogP contribution >= 0.6 is 0 Å². The smallest absolute Gasteiger partial charge is 0.0715 e. The Kier molecular flexibility index (Phi) is 3.57. The molecule has 1 aromatic carbocycles. The van der Waals surface area contributed by atoms with Gasteiger partial charge in [-0.3, -0.25) is 4.98 Å². The number of aryl methyl sites for hydroxylation is 1. The molecule has 0 atom stereocenters. The number of carboxylic acid groups (broad SMARTS) is 1.